The van der Waals surface area contributed by atoms with Gasteiger partial charge >= 0.3 is 0 Å². The Kier molecular flexibility index (Phi) is 3.90. The summed E-state index contributed by atoms with van der Waals surface area (Å²) in [6, 6.07) is 9.45. The van der Waals surface area contributed by atoms with Gasteiger partial charge in [-0.2, -0.15) is 0 Å². The summed E-state index contributed by atoms with van der Waals surface area (Å²) in [5.41, 5.74) is 0.863. The number of carbonyl (C=O) groups is 1. The molecule has 0 radical (unpaired) electrons. The molecule has 0 aliphatic carbocycles. The summed E-state index contributed by atoms with van der Waals surface area (Å²) in [6.45, 7) is 0.529. The molecule has 2 aromatic carbocycles. The fraction of sp³-hybridized carbons (Fsp3) is 0.188. The molecular weight excluding hydrogens is 309 g/mol. The molecule has 1 aliphatic rings. The van der Waals surface area contributed by atoms with Crippen LogP contribution in [-0.2, 0) is 6.54 Å². The lowest BCUT2D eigenvalue weighted by Gasteiger charge is -2.18. The van der Waals surface area contributed by atoms with Crippen LogP contribution in [-0.4, -0.2) is 24.6 Å². The molecule has 1 amide bonds. The van der Waals surface area contributed by atoms with Crippen LogP contribution < -0.4 is 9.47 Å². The zero-order valence-electron chi connectivity index (χ0n) is 11.8. The first-order valence-electron chi connectivity index (χ1n) is 6.63. The van der Waals surface area contributed by atoms with Gasteiger partial charge in [0.15, 0.2) is 11.5 Å². The molecule has 0 saturated heterocycles. The lowest BCUT2D eigenvalue weighted by molar-refractivity contribution is 0.0780. The van der Waals surface area contributed by atoms with Crippen LogP contribution in [0, 0.1) is 5.82 Å². The number of benzene rings is 2. The van der Waals surface area contributed by atoms with E-state index in [-0.39, 0.29) is 17.4 Å². The number of nitrogens with zero attached hydrogens (tertiary/aromatic N) is 1. The van der Waals surface area contributed by atoms with Crippen LogP contribution in [0.4, 0.5) is 4.39 Å². The maximum atomic E-state index is 13.8. The smallest absolute Gasteiger partial charge is 0.256 e. The van der Waals surface area contributed by atoms with Crippen LogP contribution in [0.2, 0.25) is 5.02 Å². The number of fused-ring (bicyclic) bond motifs is 1. The molecule has 0 bridgehead atoms. The molecule has 0 fully saturated rings. The van der Waals surface area contributed by atoms with Gasteiger partial charge < -0.3 is 14.4 Å². The van der Waals surface area contributed by atoms with Crippen LogP contribution in [0.5, 0.6) is 11.5 Å². The maximum Gasteiger partial charge on any atom is 0.256 e. The van der Waals surface area contributed by atoms with E-state index >= 15 is 0 Å². The minimum atomic E-state index is -0.630. The Labute approximate surface area is 132 Å². The van der Waals surface area contributed by atoms with Gasteiger partial charge in [0.25, 0.3) is 5.91 Å². The van der Waals surface area contributed by atoms with Gasteiger partial charge in [-0.1, -0.05) is 17.7 Å². The molecule has 1 aliphatic heterocycles. The average molecular weight is 322 g/mol. The third-order valence-electron chi connectivity index (χ3n) is 3.36. The average Bonchev–Trinajstić information content (AvgIpc) is 2.94. The highest BCUT2D eigenvalue weighted by molar-refractivity contribution is 6.30. The van der Waals surface area contributed by atoms with Crippen molar-refractivity contribution in [3.63, 3.8) is 0 Å². The van der Waals surface area contributed by atoms with Gasteiger partial charge in [-0.05, 0) is 35.9 Å². The predicted molar refractivity (Wildman–Crippen MR) is 79.8 cm³/mol. The van der Waals surface area contributed by atoms with Crippen LogP contribution in [0.15, 0.2) is 36.4 Å². The topological polar surface area (TPSA) is 38.8 Å². The SMILES string of the molecule is CN(Cc1ccc2c(c1)OCO2)C(=O)c1ccc(Cl)cc1F. The zero-order chi connectivity index (χ0) is 15.7. The fourth-order valence-electron chi connectivity index (χ4n) is 2.25. The summed E-state index contributed by atoms with van der Waals surface area (Å²) in [7, 11) is 1.61. The van der Waals surface area contributed by atoms with E-state index in [1.807, 2.05) is 12.1 Å². The van der Waals surface area contributed by atoms with Gasteiger partial charge in [-0.15, -0.1) is 0 Å². The molecule has 0 atom stereocenters. The van der Waals surface area contributed by atoms with Gasteiger partial charge in [-0.25, -0.2) is 4.39 Å². The first-order chi connectivity index (χ1) is 10.5. The van der Waals surface area contributed by atoms with Gasteiger partial charge in [0.1, 0.15) is 5.82 Å². The summed E-state index contributed by atoms with van der Waals surface area (Å²) >= 11 is 5.69. The quantitative estimate of drug-likeness (QED) is 0.868. The van der Waals surface area contributed by atoms with E-state index < -0.39 is 11.7 Å². The third-order valence-corrected chi connectivity index (χ3v) is 3.60. The fourth-order valence-corrected chi connectivity index (χ4v) is 2.41. The molecule has 22 heavy (non-hydrogen) atoms. The molecule has 0 spiro atoms. The minimum Gasteiger partial charge on any atom is -0.454 e. The molecule has 0 aromatic heterocycles. The van der Waals surface area contributed by atoms with Crippen molar-refractivity contribution < 1.29 is 18.7 Å². The lowest BCUT2D eigenvalue weighted by atomic mass is 10.1. The summed E-state index contributed by atoms with van der Waals surface area (Å²) in [6.07, 6.45) is 0. The van der Waals surface area contributed by atoms with Crippen molar-refractivity contribution in [1.82, 2.24) is 4.90 Å². The number of amides is 1. The maximum absolute atomic E-state index is 13.8. The standard InChI is InChI=1S/C16H13ClFNO3/c1-19(16(20)12-4-3-11(17)7-13(12)18)8-10-2-5-14-15(6-10)22-9-21-14/h2-7H,8-9H2,1H3. The summed E-state index contributed by atoms with van der Waals surface area (Å²) < 4.78 is 24.3. The molecule has 114 valence electrons. The van der Waals surface area contributed by atoms with Crippen molar-refractivity contribution in [2.75, 3.05) is 13.8 Å². The number of ether oxygens (including phenoxy) is 2. The predicted octanol–water partition coefficient (Wildman–Crippen LogP) is 3.48. The highest BCUT2D eigenvalue weighted by Crippen LogP contribution is 2.32. The molecule has 2 aromatic rings. The van der Waals surface area contributed by atoms with E-state index in [0.717, 1.165) is 11.6 Å². The molecule has 6 heteroatoms. The van der Waals surface area contributed by atoms with Crippen molar-refractivity contribution in [2.45, 2.75) is 6.54 Å². The molecule has 4 nitrogen and oxygen atoms in total. The second-order valence-corrected chi connectivity index (χ2v) is 5.41. The van der Waals surface area contributed by atoms with Gasteiger partial charge in [-0.3, -0.25) is 4.79 Å². The normalized spacial score (nSPS) is 12.3. The van der Waals surface area contributed by atoms with Crippen molar-refractivity contribution >= 4 is 17.5 Å². The number of hydrogen-bond acceptors (Lipinski definition) is 3. The summed E-state index contributed by atoms with van der Waals surface area (Å²) in [4.78, 5) is 13.7. The minimum absolute atomic E-state index is 0.00681. The Morgan fingerprint density at radius 2 is 2.00 bits per heavy atom. The van der Waals surface area contributed by atoms with E-state index in [9.17, 15) is 9.18 Å². The van der Waals surface area contributed by atoms with E-state index in [1.165, 1.54) is 17.0 Å². The van der Waals surface area contributed by atoms with Gasteiger partial charge in [0.2, 0.25) is 6.79 Å². The van der Waals surface area contributed by atoms with Crippen LogP contribution >= 0.6 is 11.6 Å². The second kappa shape index (κ2) is 5.85. The van der Waals surface area contributed by atoms with E-state index in [4.69, 9.17) is 21.1 Å². The van der Waals surface area contributed by atoms with E-state index in [1.54, 1.807) is 13.1 Å². The first kappa shape index (κ1) is 14.7. The van der Waals surface area contributed by atoms with E-state index in [2.05, 4.69) is 0 Å². The van der Waals surface area contributed by atoms with Crippen molar-refractivity contribution in [1.29, 1.82) is 0 Å². The van der Waals surface area contributed by atoms with E-state index in [0.29, 0.717) is 18.0 Å². The summed E-state index contributed by atoms with van der Waals surface area (Å²) in [5, 5.41) is 0.257. The zero-order valence-corrected chi connectivity index (χ0v) is 12.6. The Morgan fingerprint density at radius 1 is 1.23 bits per heavy atom. The first-order valence-corrected chi connectivity index (χ1v) is 7.01. The molecule has 1 heterocycles. The van der Waals surface area contributed by atoms with Crippen molar-refractivity contribution in [3.8, 4) is 11.5 Å². The second-order valence-electron chi connectivity index (χ2n) is 4.97. The third kappa shape index (κ3) is 2.85. The highest BCUT2D eigenvalue weighted by Gasteiger charge is 2.18. The lowest BCUT2D eigenvalue weighted by Crippen LogP contribution is -2.27. The number of hydrogen-bond donors (Lipinski definition) is 0. The van der Waals surface area contributed by atoms with Crippen LogP contribution in [0.1, 0.15) is 15.9 Å². The Hall–Kier alpha value is -2.27. The molecule has 0 unspecified atom stereocenters. The van der Waals surface area contributed by atoms with Crippen molar-refractivity contribution in [3.05, 3.63) is 58.4 Å². The Balaban J connectivity index is 1.76. The molecular formula is C16H13ClFNO3. The van der Waals surface area contributed by atoms with Crippen LogP contribution in [0.25, 0.3) is 0 Å². The monoisotopic (exact) mass is 321 g/mol. The Morgan fingerprint density at radius 3 is 2.77 bits per heavy atom. The number of halogens is 2. The highest BCUT2D eigenvalue weighted by atomic mass is 35.5. The van der Waals surface area contributed by atoms with Gasteiger partial charge in [0.05, 0.1) is 5.56 Å². The molecule has 3 rings (SSSR count). The largest absolute Gasteiger partial charge is 0.454 e. The number of carbonyl (C=O) groups excluding carboxylic acids is 1. The molecule has 0 N–H and O–H groups in total. The van der Waals surface area contributed by atoms with Gasteiger partial charge in [0, 0.05) is 18.6 Å². The van der Waals surface area contributed by atoms with Crippen molar-refractivity contribution in [2.24, 2.45) is 0 Å². The number of rotatable bonds is 3. The Bertz CT molecular complexity index is 735. The summed E-state index contributed by atoms with van der Waals surface area (Å²) in [5.74, 6) is 0.291. The van der Waals surface area contributed by atoms with Crippen LogP contribution in [0.3, 0.4) is 0 Å². The molecule has 0 saturated carbocycles.